The number of carbonyl (C=O) groups excluding carboxylic acids is 2. The summed E-state index contributed by atoms with van der Waals surface area (Å²) in [6, 6.07) is 16.4. The zero-order chi connectivity index (χ0) is 31.4. The van der Waals surface area contributed by atoms with Crippen molar-refractivity contribution in [1.29, 1.82) is 0 Å². The number of nitrogens with one attached hydrogen (secondary N) is 2. The average molecular weight is 595 g/mol. The molecule has 1 fully saturated rings. The van der Waals surface area contributed by atoms with Gasteiger partial charge in [-0.2, -0.15) is 0 Å². The summed E-state index contributed by atoms with van der Waals surface area (Å²) < 4.78 is 5.47. The van der Waals surface area contributed by atoms with E-state index >= 15 is 0 Å². The Morgan fingerprint density at radius 3 is 2.43 bits per heavy atom. The summed E-state index contributed by atoms with van der Waals surface area (Å²) in [5.74, 6) is -0.605. The number of rotatable bonds is 9. The molecule has 0 saturated carbocycles. The number of aromatic nitrogens is 2. The van der Waals surface area contributed by atoms with Crippen LogP contribution in [0.5, 0.6) is 0 Å². The van der Waals surface area contributed by atoms with Crippen molar-refractivity contribution in [3.63, 3.8) is 0 Å². The van der Waals surface area contributed by atoms with Crippen LogP contribution in [0.2, 0.25) is 0 Å². The van der Waals surface area contributed by atoms with Crippen molar-refractivity contribution >= 4 is 34.3 Å². The normalized spacial score (nSPS) is 14.2. The standard InChI is InChI=1S/C35H42N6O3/c1-23(2)44-35(43)27-20-29-32(26-10-9-24(3)30(21-26)37-31(42)8-7-15-39(4)5)33(38-34(29)36-22-27)25-11-13-28(14-12-25)41-18-16-40(6)17-19-41/h7-14,20-23H,15-19H2,1-6H3,(H,36,38)(H,37,42)/b8-7+. The summed E-state index contributed by atoms with van der Waals surface area (Å²) in [6.07, 6.45) is 4.70. The Morgan fingerprint density at radius 2 is 1.75 bits per heavy atom. The Balaban J connectivity index is 1.57. The fourth-order valence-corrected chi connectivity index (χ4v) is 5.34. The van der Waals surface area contributed by atoms with Gasteiger partial charge in [0.05, 0.1) is 17.4 Å². The summed E-state index contributed by atoms with van der Waals surface area (Å²) in [4.78, 5) is 40.5. The van der Waals surface area contributed by atoms with E-state index in [0.717, 1.165) is 65.2 Å². The van der Waals surface area contributed by atoms with Crippen molar-refractivity contribution in [1.82, 2.24) is 19.8 Å². The molecule has 1 amide bonds. The van der Waals surface area contributed by atoms with Gasteiger partial charge < -0.3 is 29.7 Å². The lowest BCUT2D eigenvalue weighted by Crippen LogP contribution is -2.44. The van der Waals surface area contributed by atoms with Gasteiger partial charge in [0.2, 0.25) is 5.91 Å². The van der Waals surface area contributed by atoms with Crippen LogP contribution >= 0.6 is 0 Å². The van der Waals surface area contributed by atoms with E-state index < -0.39 is 5.97 Å². The summed E-state index contributed by atoms with van der Waals surface area (Å²) in [5, 5.41) is 3.84. The number of likely N-dealkylation sites (N-methyl/N-ethyl adjacent to an activating group) is 2. The third-order valence-corrected chi connectivity index (χ3v) is 7.78. The van der Waals surface area contributed by atoms with E-state index in [1.807, 2.05) is 70.1 Å². The molecule has 1 saturated heterocycles. The highest BCUT2D eigenvalue weighted by Gasteiger charge is 2.21. The van der Waals surface area contributed by atoms with Crippen LogP contribution in [0, 0.1) is 6.92 Å². The molecule has 0 spiro atoms. The van der Waals surface area contributed by atoms with Gasteiger partial charge in [-0.25, -0.2) is 9.78 Å². The van der Waals surface area contributed by atoms with Gasteiger partial charge in [0.25, 0.3) is 0 Å². The molecule has 0 atom stereocenters. The Hall–Kier alpha value is -4.47. The molecule has 2 aromatic carbocycles. The Labute approximate surface area is 259 Å². The number of carbonyl (C=O) groups is 2. The van der Waals surface area contributed by atoms with Gasteiger partial charge in [0.1, 0.15) is 5.65 Å². The zero-order valence-corrected chi connectivity index (χ0v) is 26.5. The van der Waals surface area contributed by atoms with E-state index in [4.69, 9.17) is 4.74 Å². The van der Waals surface area contributed by atoms with E-state index in [1.165, 1.54) is 5.69 Å². The number of fused-ring (bicyclic) bond motifs is 1. The molecule has 4 aromatic rings. The smallest absolute Gasteiger partial charge is 0.339 e. The highest BCUT2D eigenvalue weighted by atomic mass is 16.5. The van der Waals surface area contributed by atoms with Crippen LogP contribution in [-0.2, 0) is 9.53 Å². The number of amides is 1. The van der Waals surface area contributed by atoms with Gasteiger partial charge in [-0.3, -0.25) is 4.79 Å². The van der Waals surface area contributed by atoms with Gasteiger partial charge in [-0.05, 0) is 82.9 Å². The molecule has 1 aliphatic rings. The summed E-state index contributed by atoms with van der Waals surface area (Å²) in [6.45, 7) is 10.4. The van der Waals surface area contributed by atoms with Crippen LogP contribution in [0.4, 0.5) is 11.4 Å². The first kappa shape index (κ1) is 31.0. The average Bonchev–Trinajstić information content (AvgIpc) is 3.37. The zero-order valence-electron chi connectivity index (χ0n) is 26.5. The molecule has 1 aliphatic heterocycles. The Bertz CT molecular complexity index is 1660. The molecule has 44 heavy (non-hydrogen) atoms. The number of H-pyrrole nitrogens is 1. The highest BCUT2D eigenvalue weighted by Crippen LogP contribution is 2.40. The molecule has 0 unspecified atom stereocenters. The number of hydrogen-bond donors (Lipinski definition) is 2. The lowest BCUT2D eigenvalue weighted by Gasteiger charge is -2.34. The van der Waals surface area contributed by atoms with Crippen molar-refractivity contribution in [2.75, 3.05) is 64.1 Å². The van der Waals surface area contributed by atoms with Gasteiger partial charge >= 0.3 is 5.97 Å². The molecular weight excluding hydrogens is 552 g/mol. The van der Waals surface area contributed by atoms with Crippen molar-refractivity contribution in [3.8, 4) is 22.4 Å². The minimum Gasteiger partial charge on any atom is -0.459 e. The first-order chi connectivity index (χ1) is 21.1. The number of anilines is 2. The van der Waals surface area contributed by atoms with E-state index in [9.17, 15) is 9.59 Å². The van der Waals surface area contributed by atoms with E-state index in [2.05, 4.69) is 56.4 Å². The number of piperazine rings is 1. The molecule has 230 valence electrons. The molecule has 0 bridgehead atoms. The Kier molecular flexibility index (Phi) is 9.46. The third-order valence-electron chi connectivity index (χ3n) is 7.78. The van der Waals surface area contributed by atoms with Crippen molar-refractivity contribution in [2.45, 2.75) is 26.9 Å². The minimum absolute atomic E-state index is 0.189. The van der Waals surface area contributed by atoms with Gasteiger partial charge in [-0.1, -0.05) is 30.3 Å². The van der Waals surface area contributed by atoms with Crippen LogP contribution in [-0.4, -0.2) is 91.6 Å². The van der Waals surface area contributed by atoms with E-state index in [1.54, 1.807) is 12.3 Å². The maximum Gasteiger partial charge on any atom is 0.339 e. The molecule has 9 nitrogen and oxygen atoms in total. The van der Waals surface area contributed by atoms with E-state index in [-0.39, 0.29) is 12.0 Å². The lowest BCUT2D eigenvalue weighted by molar-refractivity contribution is -0.111. The van der Waals surface area contributed by atoms with Gasteiger partial charge in [0.15, 0.2) is 0 Å². The first-order valence-corrected chi connectivity index (χ1v) is 15.1. The first-order valence-electron chi connectivity index (χ1n) is 15.1. The molecule has 0 aliphatic carbocycles. The fraction of sp³-hybridized carbons (Fsp3) is 0.343. The second-order valence-electron chi connectivity index (χ2n) is 12.0. The number of esters is 1. The largest absolute Gasteiger partial charge is 0.459 e. The molecule has 3 heterocycles. The summed E-state index contributed by atoms with van der Waals surface area (Å²) >= 11 is 0. The maximum atomic E-state index is 12.8. The minimum atomic E-state index is -0.416. The summed E-state index contributed by atoms with van der Waals surface area (Å²) in [5.41, 5.74) is 7.59. The fourth-order valence-electron chi connectivity index (χ4n) is 5.34. The number of pyridine rings is 1. The van der Waals surface area contributed by atoms with Crippen LogP contribution in [0.1, 0.15) is 29.8 Å². The predicted molar refractivity (Wildman–Crippen MR) is 178 cm³/mol. The van der Waals surface area contributed by atoms with Crippen LogP contribution in [0.3, 0.4) is 0 Å². The van der Waals surface area contributed by atoms with Crippen molar-refractivity contribution in [3.05, 3.63) is 78.0 Å². The van der Waals surface area contributed by atoms with Gasteiger partial charge in [-0.15, -0.1) is 0 Å². The number of benzene rings is 2. The second-order valence-corrected chi connectivity index (χ2v) is 12.0. The Morgan fingerprint density at radius 1 is 1.05 bits per heavy atom. The molecular formula is C35H42N6O3. The highest BCUT2D eigenvalue weighted by molar-refractivity contribution is 6.06. The third kappa shape index (κ3) is 7.18. The molecule has 2 N–H and O–H groups in total. The number of hydrogen-bond acceptors (Lipinski definition) is 7. The monoisotopic (exact) mass is 594 g/mol. The number of aromatic amines is 1. The van der Waals surface area contributed by atoms with E-state index in [0.29, 0.717) is 17.8 Å². The molecule has 9 heteroatoms. The van der Waals surface area contributed by atoms with Gasteiger partial charge in [0, 0.05) is 67.3 Å². The van der Waals surface area contributed by atoms with Crippen molar-refractivity contribution in [2.24, 2.45) is 0 Å². The van der Waals surface area contributed by atoms with Crippen molar-refractivity contribution < 1.29 is 14.3 Å². The number of ether oxygens (including phenoxy) is 1. The summed E-state index contributed by atoms with van der Waals surface area (Å²) in [7, 11) is 6.07. The molecule has 0 radical (unpaired) electrons. The maximum absolute atomic E-state index is 12.8. The number of nitrogens with zero attached hydrogens (tertiary/aromatic N) is 4. The molecule has 2 aromatic heterocycles. The molecule has 5 rings (SSSR count). The SMILES string of the molecule is Cc1ccc(-c2c(-c3ccc(N4CCN(C)CC4)cc3)[nH]c3ncc(C(=O)OC(C)C)cc23)cc1NC(=O)/C=C/CN(C)C. The lowest BCUT2D eigenvalue weighted by atomic mass is 9.96. The second kappa shape index (κ2) is 13.4. The van der Waals surface area contributed by atoms with Crippen LogP contribution in [0.25, 0.3) is 33.4 Å². The quantitative estimate of drug-likeness (QED) is 0.193. The number of aryl methyl sites for hydroxylation is 1. The van der Waals surface area contributed by atoms with Crippen LogP contribution < -0.4 is 10.2 Å². The van der Waals surface area contributed by atoms with Crippen LogP contribution in [0.15, 0.2) is 66.9 Å². The predicted octanol–water partition coefficient (Wildman–Crippen LogP) is 5.58. The topological polar surface area (TPSA) is 93.8 Å².